The van der Waals surface area contributed by atoms with E-state index in [9.17, 15) is 5.11 Å². The minimum atomic E-state index is -0.684. The third kappa shape index (κ3) is 6.89. The lowest BCUT2D eigenvalue weighted by Crippen LogP contribution is -2.50. The topological polar surface area (TPSA) is 66.0 Å². The van der Waals surface area contributed by atoms with Crippen LogP contribution in [0.5, 0.6) is 11.5 Å². The molecule has 0 aliphatic carbocycles. The van der Waals surface area contributed by atoms with Gasteiger partial charge in [0.15, 0.2) is 0 Å². The number of likely N-dealkylation sites (tertiary alicyclic amines) is 1. The number of rotatable bonds is 10. The van der Waals surface area contributed by atoms with Crippen molar-refractivity contribution in [3.8, 4) is 11.5 Å². The predicted molar refractivity (Wildman–Crippen MR) is 127 cm³/mol. The van der Waals surface area contributed by atoms with Crippen LogP contribution in [-0.4, -0.2) is 62.6 Å². The average Bonchev–Trinajstić information content (AvgIpc) is 2.77. The van der Waals surface area contributed by atoms with E-state index >= 15 is 0 Å². The van der Waals surface area contributed by atoms with E-state index in [0.29, 0.717) is 36.2 Å². The molecule has 0 unspecified atom stereocenters. The van der Waals surface area contributed by atoms with Crippen molar-refractivity contribution in [2.75, 3.05) is 52.3 Å². The van der Waals surface area contributed by atoms with Crippen molar-refractivity contribution in [2.45, 2.75) is 25.0 Å². The molecule has 1 saturated heterocycles. The number of nitrogens with zero attached hydrogens (tertiary/aromatic N) is 1. The molecule has 3 rings (SSSR count). The van der Waals surface area contributed by atoms with E-state index in [1.165, 1.54) is 5.56 Å². The number of benzene rings is 2. The molecule has 0 radical (unpaired) electrons. The molecular weight excluding hydrogens is 437 g/mol. The fourth-order valence-corrected chi connectivity index (χ4v) is 4.08. The van der Waals surface area contributed by atoms with Crippen molar-refractivity contribution in [3.05, 3.63) is 52.0 Å². The molecule has 0 amide bonds. The normalized spacial score (nSPS) is 16.2. The molecule has 2 aromatic carbocycles. The van der Waals surface area contributed by atoms with Crippen molar-refractivity contribution in [1.29, 1.82) is 0 Å². The Morgan fingerprint density at radius 3 is 2.45 bits per heavy atom. The Labute approximate surface area is 194 Å². The number of hydrogen-bond acceptors (Lipinski definition) is 6. The van der Waals surface area contributed by atoms with Gasteiger partial charge in [-0.2, -0.15) is 0 Å². The maximum atomic E-state index is 10.9. The highest BCUT2D eigenvalue weighted by Gasteiger charge is 2.31. The molecule has 0 aromatic heterocycles. The lowest BCUT2D eigenvalue weighted by molar-refractivity contribution is -0.0219. The van der Waals surface area contributed by atoms with E-state index in [0.717, 1.165) is 43.2 Å². The maximum absolute atomic E-state index is 10.9. The molecule has 2 aromatic rings. The van der Waals surface area contributed by atoms with Gasteiger partial charge in [0, 0.05) is 50.9 Å². The summed E-state index contributed by atoms with van der Waals surface area (Å²) in [6.45, 7) is 4.27. The zero-order valence-corrected chi connectivity index (χ0v) is 19.6. The monoisotopic (exact) mass is 467 g/mol. The van der Waals surface area contributed by atoms with Gasteiger partial charge in [0.2, 0.25) is 0 Å². The lowest BCUT2D eigenvalue weighted by atomic mass is 9.91. The van der Waals surface area contributed by atoms with E-state index in [2.05, 4.69) is 27.7 Å². The Hall–Kier alpha value is -1.70. The summed E-state index contributed by atoms with van der Waals surface area (Å²) in [7, 11) is 3.39. The number of aliphatic hydroxyl groups is 1. The van der Waals surface area contributed by atoms with Crippen molar-refractivity contribution in [1.82, 2.24) is 10.2 Å². The van der Waals surface area contributed by atoms with Crippen LogP contribution in [-0.2, 0) is 6.54 Å². The molecule has 8 heteroatoms. The van der Waals surface area contributed by atoms with E-state index in [1.807, 2.05) is 19.2 Å². The number of ether oxygens (including phenoxy) is 2. The van der Waals surface area contributed by atoms with Gasteiger partial charge in [-0.25, -0.2) is 0 Å². The summed E-state index contributed by atoms with van der Waals surface area (Å²) < 4.78 is 11.1. The SMILES string of the molecule is CNc1cc(Cl)c(OC)cc1OCCNCC1(O)CCN(Cc2ccc(Cl)cc2)CC1. The average molecular weight is 468 g/mol. The highest BCUT2D eigenvalue weighted by Crippen LogP contribution is 2.35. The van der Waals surface area contributed by atoms with Gasteiger partial charge in [-0.1, -0.05) is 35.3 Å². The number of methoxy groups -OCH3 is 1. The van der Waals surface area contributed by atoms with Crippen LogP contribution >= 0.6 is 23.2 Å². The van der Waals surface area contributed by atoms with Crippen LogP contribution in [0.2, 0.25) is 10.0 Å². The summed E-state index contributed by atoms with van der Waals surface area (Å²) >= 11 is 12.1. The van der Waals surface area contributed by atoms with Gasteiger partial charge in [-0.05, 0) is 36.6 Å². The van der Waals surface area contributed by atoms with Crippen LogP contribution in [0.1, 0.15) is 18.4 Å². The molecule has 0 spiro atoms. The first-order valence-electron chi connectivity index (χ1n) is 10.5. The molecule has 1 aliphatic heterocycles. The predicted octanol–water partition coefficient (Wildman–Crippen LogP) is 4.04. The Morgan fingerprint density at radius 1 is 1.10 bits per heavy atom. The molecule has 6 nitrogen and oxygen atoms in total. The molecule has 170 valence electrons. The van der Waals surface area contributed by atoms with Gasteiger partial charge in [-0.3, -0.25) is 4.90 Å². The van der Waals surface area contributed by atoms with Crippen LogP contribution in [0.25, 0.3) is 0 Å². The van der Waals surface area contributed by atoms with Crippen molar-refractivity contribution in [2.24, 2.45) is 0 Å². The number of piperidine rings is 1. The summed E-state index contributed by atoms with van der Waals surface area (Å²) in [6.07, 6.45) is 1.49. The molecule has 31 heavy (non-hydrogen) atoms. The quantitative estimate of drug-likeness (QED) is 0.458. The first-order valence-corrected chi connectivity index (χ1v) is 11.3. The molecular formula is C23H31Cl2N3O3. The molecule has 0 bridgehead atoms. The summed E-state index contributed by atoms with van der Waals surface area (Å²) in [6, 6.07) is 11.5. The van der Waals surface area contributed by atoms with E-state index in [4.69, 9.17) is 32.7 Å². The van der Waals surface area contributed by atoms with E-state index < -0.39 is 5.60 Å². The third-order valence-corrected chi connectivity index (χ3v) is 6.17. The van der Waals surface area contributed by atoms with E-state index in [1.54, 1.807) is 19.2 Å². The second kappa shape index (κ2) is 11.2. The van der Waals surface area contributed by atoms with Crippen molar-refractivity contribution >= 4 is 28.9 Å². The first-order chi connectivity index (χ1) is 14.9. The number of nitrogens with one attached hydrogen (secondary N) is 2. The summed E-state index contributed by atoms with van der Waals surface area (Å²) in [5, 5.41) is 18.6. The van der Waals surface area contributed by atoms with E-state index in [-0.39, 0.29) is 0 Å². The molecule has 0 saturated carbocycles. The smallest absolute Gasteiger partial charge is 0.146 e. The Bertz CT molecular complexity index is 841. The number of hydrogen-bond donors (Lipinski definition) is 3. The molecule has 0 atom stereocenters. The van der Waals surface area contributed by atoms with Crippen LogP contribution < -0.4 is 20.1 Å². The fourth-order valence-electron chi connectivity index (χ4n) is 3.71. The van der Waals surface area contributed by atoms with Gasteiger partial charge in [-0.15, -0.1) is 0 Å². The first kappa shape index (κ1) is 24.0. The molecule has 3 N–H and O–H groups in total. The van der Waals surface area contributed by atoms with Gasteiger partial charge < -0.3 is 25.2 Å². The lowest BCUT2D eigenvalue weighted by Gasteiger charge is -2.38. The van der Waals surface area contributed by atoms with Crippen LogP contribution in [0, 0.1) is 0 Å². The minimum Gasteiger partial charge on any atom is -0.495 e. The maximum Gasteiger partial charge on any atom is 0.146 e. The van der Waals surface area contributed by atoms with Crippen molar-refractivity contribution in [3.63, 3.8) is 0 Å². The zero-order valence-electron chi connectivity index (χ0n) is 18.1. The highest BCUT2D eigenvalue weighted by molar-refractivity contribution is 6.32. The van der Waals surface area contributed by atoms with Crippen molar-refractivity contribution < 1.29 is 14.6 Å². The summed E-state index contributed by atoms with van der Waals surface area (Å²) in [4.78, 5) is 2.37. The summed E-state index contributed by atoms with van der Waals surface area (Å²) in [5.74, 6) is 1.25. The van der Waals surface area contributed by atoms with Crippen LogP contribution in [0.4, 0.5) is 5.69 Å². The fraction of sp³-hybridized carbons (Fsp3) is 0.478. The minimum absolute atomic E-state index is 0.470. The molecule has 1 fully saturated rings. The Balaban J connectivity index is 1.39. The molecule has 1 aliphatic rings. The van der Waals surface area contributed by atoms with Crippen LogP contribution in [0.3, 0.4) is 0 Å². The second-order valence-electron chi connectivity index (χ2n) is 7.89. The summed E-state index contributed by atoms with van der Waals surface area (Å²) in [5.41, 5.74) is 1.36. The van der Waals surface area contributed by atoms with Gasteiger partial charge >= 0.3 is 0 Å². The van der Waals surface area contributed by atoms with Crippen LogP contribution in [0.15, 0.2) is 36.4 Å². The largest absolute Gasteiger partial charge is 0.495 e. The molecule has 1 heterocycles. The van der Waals surface area contributed by atoms with Gasteiger partial charge in [0.25, 0.3) is 0 Å². The standard InChI is InChI=1S/C23H31Cl2N3O3/c1-26-20-13-19(25)21(30-2)14-22(20)31-12-9-27-16-23(29)7-10-28(11-8-23)15-17-3-5-18(24)6-4-17/h3-6,13-14,26-27,29H,7-12,15-16H2,1-2H3. The third-order valence-electron chi connectivity index (χ3n) is 5.62. The number of anilines is 1. The Morgan fingerprint density at radius 2 is 1.81 bits per heavy atom. The number of halogens is 2. The van der Waals surface area contributed by atoms with Gasteiger partial charge in [0.05, 0.1) is 23.4 Å². The zero-order chi connectivity index (χ0) is 22.3. The Kier molecular flexibility index (Phi) is 8.69. The van der Waals surface area contributed by atoms with Gasteiger partial charge in [0.1, 0.15) is 18.1 Å². The highest BCUT2D eigenvalue weighted by atomic mass is 35.5. The second-order valence-corrected chi connectivity index (χ2v) is 8.73.